The fourth-order valence-corrected chi connectivity index (χ4v) is 3.68. The zero-order chi connectivity index (χ0) is 20.0. The summed E-state index contributed by atoms with van der Waals surface area (Å²) in [5, 5.41) is 0.842. The lowest BCUT2D eigenvalue weighted by Gasteiger charge is -2.21. The van der Waals surface area contributed by atoms with Crippen molar-refractivity contribution in [3.8, 4) is 0 Å². The highest BCUT2D eigenvalue weighted by molar-refractivity contribution is 6.01. The first kappa shape index (κ1) is 17.6. The summed E-state index contributed by atoms with van der Waals surface area (Å²) in [6.07, 6.45) is 2.25. The van der Waals surface area contributed by atoms with Gasteiger partial charge in [0, 0.05) is 23.5 Å². The van der Waals surface area contributed by atoms with Crippen molar-refractivity contribution < 1.29 is 9.21 Å². The Balaban J connectivity index is 1.45. The number of aromatic amines is 1. The highest BCUT2D eigenvalue weighted by Crippen LogP contribution is 2.30. The smallest absolute Gasteiger partial charge is 0.294 e. The Morgan fingerprint density at radius 3 is 2.62 bits per heavy atom. The number of carbonyl (C=O) groups is 1. The van der Waals surface area contributed by atoms with Gasteiger partial charge in [-0.05, 0) is 42.7 Å². The molecule has 1 amide bonds. The van der Waals surface area contributed by atoms with E-state index in [2.05, 4.69) is 9.88 Å². The summed E-state index contributed by atoms with van der Waals surface area (Å²) in [5.41, 5.74) is 8.15. The molecule has 1 aliphatic carbocycles. The molecule has 146 valence electrons. The van der Waals surface area contributed by atoms with Crippen LogP contribution in [0.15, 0.2) is 57.7 Å². The number of nitrogens with two attached hydrogens (primary N) is 1. The van der Waals surface area contributed by atoms with Crippen LogP contribution in [-0.2, 0) is 13.1 Å². The normalized spacial score (nSPS) is 14.1. The van der Waals surface area contributed by atoms with E-state index in [0.717, 1.165) is 23.8 Å². The van der Waals surface area contributed by atoms with Crippen molar-refractivity contribution in [2.24, 2.45) is 5.73 Å². The van der Waals surface area contributed by atoms with Crippen LogP contribution in [0, 0.1) is 0 Å². The number of hydrogen-bond acceptors (Lipinski definition) is 5. The van der Waals surface area contributed by atoms with Gasteiger partial charge in [0.25, 0.3) is 5.56 Å². The molecule has 0 bridgehead atoms. The zero-order valence-electron chi connectivity index (χ0n) is 15.7. The molecular formula is C22H20N4O3. The number of amides is 1. The van der Waals surface area contributed by atoms with E-state index in [0.29, 0.717) is 41.6 Å². The second-order valence-electron chi connectivity index (χ2n) is 7.49. The van der Waals surface area contributed by atoms with Gasteiger partial charge in [0.15, 0.2) is 0 Å². The first-order chi connectivity index (χ1) is 14.1. The van der Waals surface area contributed by atoms with Gasteiger partial charge < -0.3 is 15.1 Å². The molecule has 2 aromatic carbocycles. The van der Waals surface area contributed by atoms with Crippen molar-refractivity contribution in [1.82, 2.24) is 14.9 Å². The third-order valence-electron chi connectivity index (χ3n) is 5.32. The number of furan rings is 1. The molecule has 0 radical (unpaired) electrons. The fraction of sp³-hybridized carbons (Fsp3) is 0.227. The van der Waals surface area contributed by atoms with Crippen LogP contribution >= 0.6 is 0 Å². The number of nitrogens with zero attached hydrogens (tertiary/aromatic N) is 2. The molecule has 2 aromatic heterocycles. The molecule has 4 aromatic rings. The lowest BCUT2D eigenvalue weighted by molar-refractivity contribution is 0.1000. The van der Waals surface area contributed by atoms with Gasteiger partial charge in [-0.15, -0.1) is 0 Å². The summed E-state index contributed by atoms with van der Waals surface area (Å²) in [5.74, 6) is 0.188. The van der Waals surface area contributed by atoms with E-state index in [1.165, 1.54) is 0 Å². The molecule has 0 spiro atoms. The van der Waals surface area contributed by atoms with E-state index >= 15 is 0 Å². The van der Waals surface area contributed by atoms with E-state index in [9.17, 15) is 9.59 Å². The van der Waals surface area contributed by atoms with Gasteiger partial charge in [-0.3, -0.25) is 14.5 Å². The van der Waals surface area contributed by atoms with Gasteiger partial charge in [-0.25, -0.2) is 4.98 Å². The molecule has 5 rings (SSSR count). The van der Waals surface area contributed by atoms with Crippen molar-refractivity contribution in [3.05, 3.63) is 75.8 Å². The fourth-order valence-electron chi connectivity index (χ4n) is 3.68. The molecule has 29 heavy (non-hydrogen) atoms. The molecule has 2 heterocycles. The molecule has 3 N–H and O–H groups in total. The summed E-state index contributed by atoms with van der Waals surface area (Å²) < 4.78 is 5.67. The van der Waals surface area contributed by atoms with Crippen LogP contribution in [0.4, 0.5) is 0 Å². The number of aromatic nitrogens is 2. The van der Waals surface area contributed by atoms with E-state index in [1.54, 1.807) is 12.1 Å². The number of carbonyl (C=O) groups excluding carboxylic acids is 1. The minimum absolute atomic E-state index is 0.259. The van der Waals surface area contributed by atoms with Crippen molar-refractivity contribution in [1.29, 1.82) is 0 Å². The molecule has 1 saturated carbocycles. The maximum atomic E-state index is 12.5. The molecule has 1 fully saturated rings. The lowest BCUT2D eigenvalue weighted by atomic mass is 10.1. The van der Waals surface area contributed by atoms with Gasteiger partial charge in [0.05, 0.1) is 6.54 Å². The number of fused-ring (bicyclic) bond motifs is 3. The molecule has 7 heteroatoms. The number of hydrogen-bond donors (Lipinski definition) is 2. The maximum absolute atomic E-state index is 12.5. The number of primary amides is 1. The van der Waals surface area contributed by atoms with Crippen LogP contribution in [0.3, 0.4) is 0 Å². The van der Waals surface area contributed by atoms with Gasteiger partial charge in [0.1, 0.15) is 16.9 Å². The first-order valence-electron chi connectivity index (χ1n) is 9.62. The third-order valence-corrected chi connectivity index (χ3v) is 5.32. The Hall–Kier alpha value is -3.45. The number of rotatable bonds is 6. The maximum Gasteiger partial charge on any atom is 0.294 e. The first-order valence-corrected chi connectivity index (χ1v) is 9.62. The summed E-state index contributed by atoms with van der Waals surface area (Å²) in [7, 11) is 0. The minimum atomic E-state index is -0.432. The number of nitrogens with one attached hydrogen (secondary N) is 1. The highest BCUT2D eigenvalue weighted by Gasteiger charge is 2.29. The van der Waals surface area contributed by atoms with Crippen LogP contribution < -0.4 is 11.3 Å². The second kappa shape index (κ2) is 6.86. The van der Waals surface area contributed by atoms with Crippen LogP contribution in [0.5, 0.6) is 0 Å². The van der Waals surface area contributed by atoms with Crippen LogP contribution in [0.2, 0.25) is 0 Å². The van der Waals surface area contributed by atoms with E-state index in [-0.39, 0.29) is 11.1 Å². The lowest BCUT2D eigenvalue weighted by Crippen LogP contribution is -2.27. The van der Waals surface area contributed by atoms with Crippen LogP contribution in [0.1, 0.15) is 34.6 Å². The molecule has 0 atom stereocenters. The Bertz CT molecular complexity index is 1270. The van der Waals surface area contributed by atoms with E-state index in [4.69, 9.17) is 15.1 Å². The minimum Gasteiger partial charge on any atom is -0.449 e. The molecule has 0 unspecified atom stereocenters. The SMILES string of the molecule is NC(=O)c1ccc(CN(Cc2nc3c(oc4ccccc43)c(=O)[nH]2)C2CC2)cc1. The number of H-pyrrole nitrogens is 1. The van der Waals surface area contributed by atoms with Gasteiger partial charge >= 0.3 is 0 Å². The molecule has 0 saturated heterocycles. The number of para-hydroxylation sites is 1. The third kappa shape index (κ3) is 3.40. The summed E-state index contributed by atoms with van der Waals surface area (Å²) in [6, 6.07) is 15.3. The predicted octanol–water partition coefficient (Wildman–Crippen LogP) is 2.93. The predicted molar refractivity (Wildman–Crippen MR) is 109 cm³/mol. The number of benzene rings is 2. The Kier molecular flexibility index (Phi) is 4.17. The van der Waals surface area contributed by atoms with E-state index in [1.807, 2.05) is 36.4 Å². The van der Waals surface area contributed by atoms with Crippen molar-refractivity contribution in [2.75, 3.05) is 0 Å². The highest BCUT2D eigenvalue weighted by atomic mass is 16.3. The standard InChI is InChI=1S/C22H20N4O3/c23-21(27)14-7-5-13(6-8-14)11-26(15-9-10-15)12-18-24-19-16-3-1-2-4-17(16)29-20(19)22(28)25-18/h1-8,15H,9-12H2,(H2,23,27)(H,24,25,28). The van der Waals surface area contributed by atoms with Gasteiger partial charge in [-0.2, -0.15) is 0 Å². The average Bonchev–Trinajstić information content (AvgIpc) is 3.49. The Morgan fingerprint density at radius 2 is 1.90 bits per heavy atom. The Morgan fingerprint density at radius 1 is 1.14 bits per heavy atom. The summed E-state index contributed by atoms with van der Waals surface area (Å²) in [4.78, 5) is 33.7. The molecule has 0 aliphatic heterocycles. The summed E-state index contributed by atoms with van der Waals surface area (Å²) in [6.45, 7) is 1.24. The van der Waals surface area contributed by atoms with Crippen molar-refractivity contribution in [3.63, 3.8) is 0 Å². The molecule has 1 aliphatic rings. The van der Waals surface area contributed by atoms with E-state index < -0.39 is 5.91 Å². The largest absolute Gasteiger partial charge is 0.449 e. The second-order valence-corrected chi connectivity index (χ2v) is 7.49. The average molecular weight is 388 g/mol. The van der Waals surface area contributed by atoms with Gasteiger partial charge in [-0.1, -0.05) is 24.3 Å². The van der Waals surface area contributed by atoms with Crippen LogP contribution in [0.25, 0.3) is 22.1 Å². The van der Waals surface area contributed by atoms with Crippen molar-refractivity contribution in [2.45, 2.75) is 32.0 Å². The zero-order valence-corrected chi connectivity index (χ0v) is 15.7. The molecule has 7 nitrogen and oxygen atoms in total. The van der Waals surface area contributed by atoms with Gasteiger partial charge in [0.2, 0.25) is 11.5 Å². The molecular weight excluding hydrogens is 368 g/mol. The monoisotopic (exact) mass is 388 g/mol. The van der Waals surface area contributed by atoms with Crippen molar-refractivity contribution >= 4 is 28.0 Å². The topological polar surface area (TPSA) is 105 Å². The Labute approximate surface area is 166 Å². The quantitative estimate of drug-likeness (QED) is 0.528. The van der Waals surface area contributed by atoms with Crippen LogP contribution in [-0.4, -0.2) is 26.8 Å². The summed E-state index contributed by atoms with van der Waals surface area (Å²) >= 11 is 0.